The molecule has 0 radical (unpaired) electrons. The van der Waals surface area contributed by atoms with E-state index in [1.807, 2.05) is 19.9 Å². The molecule has 2 nitrogen and oxygen atoms in total. The molecular weight excluding hydrogens is 112 g/mol. The van der Waals surface area contributed by atoms with Gasteiger partial charge in [-0.25, -0.2) is 0 Å². The second-order valence-corrected chi connectivity index (χ2v) is 2.03. The third-order valence-corrected chi connectivity index (χ3v) is 1.33. The van der Waals surface area contributed by atoms with Crippen molar-refractivity contribution in [3.63, 3.8) is 0 Å². The highest BCUT2D eigenvalue weighted by atomic mass is 14.8. The smallest absolute Gasteiger partial charge is 0.0591 e. The quantitative estimate of drug-likeness (QED) is 0.464. The van der Waals surface area contributed by atoms with E-state index in [0.29, 0.717) is 0 Å². The summed E-state index contributed by atoms with van der Waals surface area (Å²) in [6, 6.07) is 0. The van der Waals surface area contributed by atoms with Crippen molar-refractivity contribution in [1.82, 2.24) is 0 Å². The minimum atomic E-state index is 0.771. The molecule has 0 spiro atoms. The third kappa shape index (κ3) is 1.49. The van der Waals surface area contributed by atoms with Crippen LogP contribution in [-0.4, -0.2) is 18.0 Å². The van der Waals surface area contributed by atoms with Gasteiger partial charge in [0.1, 0.15) is 0 Å². The predicted octanol–water partition coefficient (Wildman–Crippen LogP) is 1.44. The van der Waals surface area contributed by atoms with Gasteiger partial charge in [0.2, 0.25) is 0 Å². The normalized spacial score (nSPS) is 18.4. The van der Waals surface area contributed by atoms with E-state index in [1.54, 1.807) is 6.20 Å². The Morgan fingerprint density at radius 2 is 2.11 bits per heavy atom. The van der Waals surface area contributed by atoms with Crippen molar-refractivity contribution in [3.05, 3.63) is 12.3 Å². The van der Waals surface area contributed by atoms with Gasteiger partial charge in [-0.1, -0.05) is 0 Å². The lowest BCUT2D eigenvalue weighted by atomic mass is 10.3. The fourth-order valence-electron chi connectivity index (χ4n) is 0.609. The molecule has 2 heteroatoms. The standard InChI is InChI=1S/C7H10N2/c1-6-7(2)9-5-3-4-8-6/h3-4H,5H2,1-2H3. The maximum atomic E-state index is 4.20. The number of nitrogens with zero attached hydrogens (tertiary/aromatic N) is 2. The molecule has 0 N–H and O–H groups in total. The Hall–Kier alpha value is -0.920. The van der Waals surface area contributed by atoms with E-state index in [4.69, 9.17) is 0 Å². The van der Waals surface area contributed by atoms with E-state index in [0.717, 1.165) is 18.0 Å². The molecule has 0 aromatic heterocycles. The van der Waals surface area contributed by atoms with E-state index in [9.17, 15) is 0 Å². The molecule has 0 fully saturated rings. The van der Waals surface area contributed by atoms with Gasteiger partial charge in [-0.3, -0.25) is 9.98 Å². The van der Waals surface area contributed by atoms with Gasteiger partial charge in [-0.15, -0.1) is 0 Å². The first-order valence-electron chi connectivity index (χ1n) is 3.01. The summed E-state index contributed by atoms with van der Waals surface area (Å²) >= 11 is 0. The summed E-state index contributed by atoms with van der Waals surface area (Å²) in [6.45, 7) is 4.72. The summed E-state index contributed by atoms with van der Waals surface area (Å²) < 4.78 is 0. The first kappa shape index (κ1) is 6.20. The lowest BCUT2D eigenvalue weighted by molar-refractivity contribution is 1.24. The van der Waals surface area contributed by atoms with E-state index < -0.39 is 0 Å². The van der Waals surface area contributed by atoms with Crippen molar-refractivity contribution in [3.8, 4) is 0 Å². The maximum Gasteiger partial charge on any atom is 0.0591 e. The number of aliphatic imine (C=N–C) groups is 2. The van der Waals surface area contributed by atoms with Crippen LogP contribution in [0.1, 0.15) is 13.8 Å². The van der Waals surface area contributed by atoms with Crippen LogP contribution < -0.4 is 0 Å². The van der Waals surface area contributed by atoms with Gasteiger partial charge in [0.05, 0.1) is 18.0 Å². The highest BCUT2D eigenvalue weighted by Gasteiger charge is 1.94. The molecule has 0 saturated carbocycles. The van der Waals surface area contributed by atoms with Gasteiger partial charge in [-0.05, 0) is 19.9 Å². The van der Waals surface area contributed by atoms with Crippen LogP contribution in [0.15, 0.2) is 22.3 Å². The van der Waals surface area contributed by atoms with Crippen molar-refractivity contribution in [2.45, 2.75) is 13.8 Å². The lowest BCUT2D eigenvalue weighted by Crippen LogP contribution is -2.03. The molecule has 0 aliphatic carbocycles. The summed E-state index contributed by atoms with van der Waals surface area (Å²) in [5.41, 5.74) is 2.06. The fourth-order valence-corrected chi connectivity index (χ4v) is 0.609. The third-order valence-electron chi connectivity index (χ3n) is 1.33. The van der Waals surface area contributed by atoms with Crippen LogP contribution in [0.3, 0.4) is 0 Å². The van der Waals surface area contributed by atoms with E-state index in [-0.39, 0.29) is 0 Å². The molecule has 1 heterocycles. The molecule has 48 valence electrons. The Balaban J connectivity index is 2.85. The topological polar surface area (TPSA) is 24.7 Å². The van der Waals surface area contributed by atoms with Gasteiger partial charge in [0.25, 0.3) is 0 Å². The SMILES string of the molecule is CC1=NC=CCN=C1C. The molecule has 1 aliphatic heterocycles. The van der Waals surface area contributed by atoms with E-state index in [2.05, 4.69) is 9.98 Å². The Morgan fingerprint density at radius 1 is 1.33 bits per heavy atom. The molecule has 1 aliphatic rings. The van der Waals surface area contributed by atoms with Crippen molar-refractivity contribution in [2.75, 3.05) is 6.54 Å². The second kappa shape index (κ2) is 2.58. The molecule has 0 atom stereocenters. The highest BCUT2D eigenvalue weighted by molar-refractivity contribution is 6.40. The molecule has 0 aromatic carbocycles. The Kier molecular flexibility index (Phi) is 1.78. The zero-order chi connectivity index (χ0) is 6.69. The van der Waals surface area contributed by atoms with Crippen molar-refractivity contribution >= 4 is 11.4 Å². The average molecular weight is 122 g/mol. The highest BCUT2D eigenvalue weighted by Crippen LogP contribution is 1.91. The molecule has 0 unspecified atom stereocenters. The average Bonchev–Trinajstić information content (AvgIpc) is 1.99. The molecule has 0 aromatic rings. The van der Waals surface area contributed by atoms with Crippen molar-refractivity contribution in [2.24, 2.45) is 9.98 Å². The maximum absolute atomic E-state index is 4.20. The Morgan fingerprint density at radius 3 is 2.89 bits per heavy atom. The number of hydrogen-bond acceptors (Lipinski definition) is 2. The van der Waals surface area contributed by atoms with Gasteiger partial charge in [0.15, 0.2) is 0 Å². The monoisotopic (exact) mass is 122 g/mol. The minimum Gasteiger partial charge on any atom is -0.284 e. The van der Waals surface area contributed by atoms with Gasteiger partial charge >= 0.3 is 0 Å². The number of rotatable bonds is 0. The van der Waals surface area contributed by atoms with Crippen LogP contribution in [0.4, 0.5) is 0 Å². The molecule has 0 bridgehead atoms. The zero-order valence-corrected chi connectivity index (χ0v) is 5.76. The van der Waals surface area contributed by atoms with Crippen LogP contribution in [0.25, 0.3) is 0 Å². The van der Waals surface area contributed by atoms with Crippen LogP contribution >= 0.6 is 0 Å². The Labute approximate surface area is 55.0 Å². The van der Waals surface area contributed by atoms with Gasteiger partial charge < -0.3 is 0 Å². The van der Waals surface area contributed by atoms with Crippen LogP contribution in [-0.2, 0) is 0 Å². The first-order valence-corrected chi connectivity index (χ1v) is 3.01. The van der Waals surface area contributed by atoms with Gasteiger partial charge in [-0.2, -0.15) is 0 Å². The molecule has 0 amide bonds. The van der Waals surface area contributed by atoms with Gasteiger partial charge in [0, 0.05) is 6.20 Å². The van der Waals surface area contributed by atoms with Crippen LogP contribution in [0.5, 0.6) is 0 Å². The Bertz CT molecular complexity index is 187. The van der Waals surface area contributed by atoms with E-state index >= 15 is 0 Å². The second-order valence-electron chi connectivity index (χ2n) is 2.03. The molecule has 0 saturated heterocycles. The van der Waals surface area contributed by atoms with Crippen LogP contribution in [0, 0.1) is 0 Å². The molecule has 9 heavy (non-hydrogen) atoms. The largest absolute Gasteiger partial charge is 0.284 e. The summed E-state index contributed by atoms with van der Waals surface area (Å²) in [4.78, 5) is 8.31. The van der Waals surface area contributed by atoms with Crippen molar-refractivity contribution < 1.29 is 0 Å². The fraction of sp³-hybridized carbons (Fsp3) is 0.429. The summed E-state index contributed by atoms with van der Waals surface area (Å²) in [5, 5.41) is 0. The predicted molar refractivity (Wildman–Crippen MR) is 40.2 cm³/mol. The summed E-state index contributed by atoms with van der Waals surface area (Å²) in [5.74, 6) is 0. The number of hydrogen-bond donors (Lipinski definition) is 0. The molecule has 1 rings (SSSR count). The van der Waals surface area contributed by atoms with E-state index in [1.165, 1.54) is 0 Å². The zero-order valence-electron chi connectivity index (χ0n) is 5.76. The lowest BCUT2D eigenvalue weighted by Gasteiger charge is -1.92. The van der Waals surface area contributed by atoms with Crippen molar-refractivity contribution in [1.29, 1.82) is 0 Å². The molecular formula is C7H10N2. The minimum absolute atomic E-state index is 0.771. The van der Waals surface area contributed by atoms with Crippen LogP contribution in [0.2, 0.25) is 0 Å². The summed E-state index contributed by atoms with van der Waals surface area (Å²) in [7, 11) is 0. The first-order chi connectivity index (χ1) is 4.30. The summed E-state index contributed by atoms with van der Waals surface area (Å²) in [6.07, 6.45) is 3.75.